The summed E-state index contributed by atoms with van der Waals surface area (Å²) in [6.07, 6.45) is 10.2. The molecule has 4 heteroatoms. The van der Waals surface area contributed by atoms with E-state index in [9.17, 15) is 0 Å². The first-order valence-corrected chi connectivity index (χ1v) is 9.43. The minimum atomic E-state index is 0.796. The maximum Gasteiger partial charge on any atom is 0.126 e. The van der Waals surface area contributed by atoms with Crippen LogP contribution in [0.3, 0.4) is 0 Å². The first-order valence-electron chi connectivity index (χ1n) is 8.64. The van der Waals surface area contributed by atoms with Gasteiger partial charge in [-0.3, -0.25) is 0 Å². The van der Waals surface area contributed by atoms with E-state index < -0.39 is 0 Å². The van der Waals surface area contributed by atoms with Gasteiger partial charge in [0, 0.05) is 35.6 Å². The van der Waals surface area contributed by atoms with Crippen LogP contribution in [0, 0.1) is 0 Å². The van der Waals surface area contributed by atoms with Crippen molar-refractivity contribution < 1.29 is 0 Å². The lowest BCUT2D eigenvalue weighted by Crippen LogP contribution is -2.39. The number of halogens is 1. The number of fused-ring (bicyclic) bond motifs is 3. The second kappa shape index (κ2) is 6.38. The van der Waals surface area contributed by atoms with Crippen LogP contribution < -0.4 is 0 Å². The summed E-state index contributed by atoms with van der Waals surface area (Å²) in [5.41, 5.74) is 5.21. The molecule has 0 radical (unpaired) electrons. The fraction of sp³-hybridized carbons (Fsp3) is 0.350. The molecule has 0 bridgehead atoms. The standard InChI is InChI=1S/C20H21ClN2S/c1-2-23-18-9-8-15(21)12-17(18)16-10-11-22(20(24)19(16)23)13-14-6-4-3-5-7-14/h4,6-9,12H,2-3,5,10-11,13H2,1H3. The lowest BCUT2D eigenvalue weighted by molar-refractivity contribution is 0.451. The Balaban J connectivity index is 1.75. The summed E-state index contributed by atoms with van der Waals surface area (Å²) in [5.74, 6) is 0. The van der Waals surface area contributed by atoms with Crippen LogP contribution in [0.2, 0.25) is 5.02 Å². The third-order valence-electron chi connectivity index (χ3n) is 5.01. The molecule has 2 aromatic rings. The quantitative estimate of drug-likeness (QED) is 0.705. The van der Waals surface area contributed by atoms with Gasteiger partial charge in [-0.15, -0.1) is 0 Å². The molecule has 2 nitrogen and oxygen atoms in total. The number of hydrogen-bond acceptors (Lipinski definition) is 1. The van der Waals surface area contributed by atoms with E-state index in [0.29, 0.717) is 0 Å². The van der Waals surface area contributed by atoms with Crippen molar-refractivity contribution in [3.05, 3.63) is 58.3 Å². The van der Waals surface area contributed by atoms with E-state index in [4.69, 9.17) is 23.8 Å². The molecule has 24 heavy (non-hydrogen) atoms. The van der Waals surface area contributed by atoms with Gasteiger partial charge in [-0.05, 0) is 55.5 Å². The fourth-order valence-corrected chi connectivity index (χ4v) is 4.44. The average molecular weight is 357 g/mol. The van der Waals surface area contributed by atoms with Crippen molar-refractivity contribution in [3.8, 4) is 0 Å². The van der Waals surface area contributed by atoms with Gasteiger partial charge < -0.3 is 9.47 Å². The molecule has 0 saturated carbocycles. The third kappa shape index (κ3) is 2.60. The zero-order valence-corrected chi connectivity index (χ0v) is 15.5. The van der Waals surface area contributed by atoms with Crippen molar-refractivity contribution in [2.75, 3.05) is 13.1 Å². The van der Waals surface area contributed by atoms with Gasteiger partial charge in [0.25, 0.3) is 0 Å². The number of nitrogens with zero attached hydrogens (tertiary/aromatic N) is 2. The van der Waals surface area contributed by atoms with E-state index in [1.165, 1.54) is 27.7 Å². The van der Waals surface area contributed by atoms with E-state index in [0.717, 1.165) is 48.9 Å². The van der Waals surface area contributed by atoms with E-state index in [-0.39, 0.29) is 0 Å². The highest BCUT2D eigenvalue weighted by atomic mass is 35.5. The van der Waals surface area contributed by atoms with Crippen LogP contribution in [0.25, 0.3) is 10.9 Å². The molecule has 1 aliphatic carbocycles. The molecule has 124 valence electrons. The average Bonchev–Trinajstić information content (AvgIpc) is 2.92. The van der Waals surface area contributed by atoms with Gasteiger partial charge in [0.05, 0.1) is 5.69 Å². The molecule has 0 N–H and O–H groups in total. The first kappa shape index (κ1) is 15.9. The predicted octanol–water partition coefficient (Wildman–Crippen LogP) is 5.12. The van der Waals surface area contributed by atoms with Gasteiger partial charge in [-0.2, -0.15) is 0 Å². The molecule has 1 aromatic heterocycles. The van der Waals surface area contributed by atoms with Gasteiger partial charge in [-0.25, -0.2) is 0 Å². The highest BCUT2D eigenvalue weighted by molar-refractivity contribution is 7.80. The molecule has 0 unspecified atom stereocenters. The summed E-state index contributed by atoms with van der Waals surface area (Å²) in [4.78, 5) is 3.33. The van der Waals surface area contributed by atoms with Crippen LogP contribution in [0.1, 0.15) is 31.0 Å². The smallest absolute Gasteiger partial charge is 0.126 e. The summed E-state index contributed by atoms with van der Waals surface area (Å²) in [5, 5.41) is 2.06. The topological polar surface area (TPSA) is 8.17 Å². The summed E-state index contributed by atoms with van der Waals surface area (Å²) >= 11 is 12.1. The van der Waals surface area contributed by atoms with Crippen LogP contribution >= 0.6 is 23.8 Å². The normalized spacial score (nSPS) is 17.3. The molecule has 2 aliphatic rings. The van der Waals surface area contributed by atoms with E-state index in [1.54, 1.807) is 0 Å². The second-order valence-electron chi connectivity index (χ2n) is 6.47. The SMILES string of the molecule is CCn1c2c(c3cc(Cl)ccc31)CCN(CC1=CCCC=C1)C2=S. The molecule has 0 fully saturated rings. The van der Waals surface area contributed by atoms with Crippen molar-refractivity contribution in [3.63, 3.8) is 0 Å². The Kier molecular flexibility index (Phi) is 4.23. The third-order valence-corrected chi connectivity index (χ3v) is 5.70. The summed E-state index contributed by atoms with van der Waals surface area (Å²) in [6, 6.07) is 6.19. The van der Waals surface area contributed by atoms with Crippen molar-refractivity contribution in [1.82, 2.24) is 9.47 Å². The number of allylic oxidation sites excluding steroid dienone is 2. The Morgan fingerprint density at radius 3 is 2.88 bits per heavy atom. The molecule has 4 rings (SSSR count). The minimum Gasteiger partial charge on any atom is -0.356 e. The van der Waals surface area contributed by atoms with Gasteiger partial charge in [0.1, 0.15) is 4.99 Å². The molecule has 0 atom stereocenters. The van der Waals surface area contributed by atoms with Gasteiger partial charge in [0.15, 0.2) is 0 Å². The molecule has 0 amide bonds. The second-order valence-corrected chi connectivity index (χ2v) is 7.29. The number of hydrogen-bond donors (Lipinski definition) is 0. The summed E-state index contributed by atoms with van der Waals surface area (Å²) in [7, 11) is 0. The van der Waals surface area contributed by atoms with E-state index in [2.05, 4.69) is 46.8 Å². The van der Waals surface area contributed by atoms with E-state index >= 15 is 0 Å². The minimum absolute atomic E-state index is 0.796. The molecule has 1 aromatic carbocycles. The molecular formula is C20H21ClN2S. The van der Waals surface area contributed by atoms with Crippen molar-refractivity contribution in [1.29, 1.82) is 0 Å². The number of rotatable bonds is 3. The maximum absolute atomic E-state index is 6.24. The van der Waals surface area contributed by atoms with Crippen molar-refractivity contribution in [2.24, 2.45) is 0 Å². The largest absolute Gasteiger partial charge is 0.356 e. The van der Waals surface area contributed by atoms with Gasteiger partial charge in [0.2, 0.25) is 0 Å². The highest BCUT2D eigenvalue weighted by Gasteiger charge is 2.28. The van der Waals surface area contributed by atoms with Gasteiger partial charge in [-0.1, -0.05) is 42.0 Å². The number of aryl methyl sites for hydroxylation is 1. The van der Waals surface area contributed by atoms with Crippen LogP contribution in [0.4, 0.5) is 0 Å². The van der Waals surface area contributed by atoms with Crippen LogP contribution in [0.15, 0.2) is 42.0 Å². The number of aromatic nitrogens is 1. The predicted molar refractivity (Wildman–Crippen MR) is 106 cm³/mol. The van der Waals surface area contributed by atoms with Crippen molar-refractivity contribution in [2.45, 2.75) is 32.7 Å². The van der Waals surface area contributed by atoms with Gasteiger partial charge >= 0.3 is 0 Å². The number of benzene rings is 1. The van der Waals surface area contributed by atoms with E-state index in [1.807, 2.05) is 6.07 Å². The molecule has 2 heterocycles. The molecule has 1 aliphatic heterocycles. The van der Waals surface area contributed by atoms with Crippen LogP contribution in [-0.2, 0) is 13.0 Å². The lowest BCUT2D eigenvalue weighted by atomic mass is 10.0. The Bertz CT molecular complexity index is 875. The Morgan fingerprint density at radius 2 is 2.12 bits per heavy atom. The summed E-state index contributed by atoms with van der Waals surface area (Å²) < 4.78 is 2.35. The fourth-order valence-electron chi connectivity index (χ4n) is 3.88. The molecule has 0 saturated heterocycles. The monoisotopic (exact) mass is 356 g/mol. The van der Waals surface area contributed by atoms with Crippen molar-refractivity contribution >= 4 is 39.7 Å². The Labute approximate surface area is 153 Å². The maximum atomic E-state index is 6.24. The van der Waals surface area contributed by atoms with Crippen LogP contribution in [0.5, 0.6) is 0 Å². The highest BCUT2D eigenvalue weighted by Crippen LogP contribution is 2.33. The lowest BCUT2D eigenvalue weighted by Gasteiger charge is -2.31. The Morgan fingerprint density at radius 1 is 1.25 bits per heavy atom. The molecule has 0 spiro atoms. The first-order chi connectivity index (χ1) is 11.7. The number of thiocarbonyl (C=S) groups is 1. The zero-order chi connectivity index (χ0) is 16.7. The van der Waals surface area contributed by atoms with Crippen LogP contribution in [-0.4, -0.2) is 27.5 Å². The summed E-state index contributed by atoms with van der Waals surface area (Å²) in [6.45, 7) is 5.00. The molecular weight excluding hydrogens is 336 g/mol. The Hall–Kier alpha value is -1.58. The zero-order valence-electron chi connectivity index (χ0n) is 13.9.